The largest absolute Gasteiger partial charge is 0.328 e. The summed E-state index contributed by atoms with van der Waals surface area (Å²) in [7, 11) is 0. The highest BCUT2D eigenvalue weighted by atomic mass is 16.2. The van der Waals surface area contributed by atoms with Crippen LogP contribution in [0.5, 0.6) is 0 Å². The molecule has 1 saturated heterocycles. The Hall–Kier alpha value is -2.95. The van der Waals surface area contributed by atoms with Crippen molar-refractivity contribution < 1.29 is 14.4 Å². The summed E-state index contributed by atoms with van der Waals surface area (Å²) in [5.41, 5.74) is 3.83. The minimum absolute atomic E-state index is 0.0110. The molecule has 1 aliphatic rings. The molecule has 1 unspecified atom stereocenters. The molecule has 0 saturated carbocycles. The van der Waals surface area contributed by atoms with Crippen LogP contribution in [0.4, 0.5) is 5.69 Å². The fourth-order valence-corrected chi connectivity index (χ4v) is 3.53. The van der Waals surface area contributed by atoms with Crippen LogP contribution in [0.3, 0.4) is 0 Å². The molecule has 1 N–H and O–H groups in total. The third-order valence-corrected chi connectivity index (χ3v) is 4.93. The minimum atomic E-state index is -0.423. The molecule has 2 aromatic carbocycles. The van der Waals surface area contributed by atoms with Gasteiger partial charge < -0.3 is 10.2 Å². The van der Waals surface area contributed by atoms with Gasteiger partial charge in [-0.05, 0) is 62.6 Å². The fourth-order valence-electron chi connectivity index (χ4n) is 3.53. The first-order valence-electron chi connectivity index (χ1n) is 9.17. The van der Waals surface area contributed by atoms with Crippen molar-refractivity contribution in [1.82, 2.24) is 4.90 Å². The minimum Gasteiger partial charge on any atom is -0.328 e. The molecule has 3 rings (SSSR count). The van der Waals surface area contributed by atoms with Gasteiger partial charge in [-0.3, -0.25) is 14.4 Å². The Labute approximate surface area is 159 Å². The van der Waals surface area contributed by atoms with Gasteiger partial charge in [0.2, 0.25) is 5.91 Å². The highest BCUT2D eigenvalue weighted by Gasteiger charge is 2.35. The molecule has 5 nitrogen and oxygen atoms in total. The average Bonchev–Trinajstić information content (AvgIpc) is 3.12. The molecule has 0 radical (unpaired) electrons. The van der Waals surface area contributed by atoms with Crippen LogP contribution in [0, 0.1) is 13.8 Å². The second-order valence-electron chi connectivity index (χ2n) is 7.10. The lowest BCUT2D eigenvalue weighted by Gasteiger charge is -2.24. The van der Waals surface area contributed by atoms with Crippen molar-refractivity contribution >= 4 is 23.3 Å². The molecule has 27 heavy (non-hydrogen) atoms. The molecule has 0 bridgehead atoms. The normalized spacial score (nSPS) is 16.3. The zero-order chi connectivity index (χ0) is 19.6. The average molecular weight is 364 g/mol. The van der Waals surface area contributed by atoms with Gasteiger partial charge in [0.1, 0.15) is 0 Å². The van der Waals surface area contributed by atoms with E-state index in [0.717, 1.165) is 17.5 Å². The number of carbonyl (C=O) groups is 3. The summed E-state index contributed by atoms with van der Waals surface area (Å²) < 4.78 is 0. The SMILES string of the molecule is CC(=O)Nc1ccc(C(=O)N2CCCC2C(=O)c2cc(C)ccc2C)cc1. The molecular weight excluding hydrogens is 340 g/mol. The molecule has 1 fully saturated rings. The summed E-state index contributed by atoms with van der Waals surface area (Å²) in [5, 5.41) is 2.68. The van der Waals surface area contributed by atoms with Crippen LogP contribution in [0.25, 0.3) is 0 Å². The monoisotopic (exact) mass is 364 g/mol. The number of Topliss-reactive ketones (excluding diaryl/α,β-unsaturated/α-hetero) is 1. The highest BCUT2D eigenvalue weighted by Crippen LogP contribution is 2.25. The van der Waals surface area contributed by atoms with Crippen LogP contribution >= 0.6 is 0 Å². The van der Waals surface area contributed by atoms with Gasteiger partial charge in [-0.1, -0.05) is 17.7 Å². The number of ketones is 1. The van der Waals surface area contributed by atoms with Gasteiger partial charge in [0, 0.05) is 30.3 Å². The fraction of sp³-hybridized carbons (Fsp3) is 0.318. The molecule has 1 heterocycles. The van der Waals surface area contributed by atoms with E-state index >= 15 is 0 Å². The summed E-state index contributed by atoms with van der Waals surface area (Å²) in [5.74, 6) is -0.296. The van der Waals surface area contributed by atoms with Crippen molar-refractivity contribution in [2.45, 2.75) is 39.7 Å². The first kappa shape index (κ1) is 18.8. The first-order chi connectivity index (χ1) is 12.9. The second kappa shape index (κ2) is 7.74. The third kappa shape index (κ3) is 4.08. The molecule has 0 spiro atoms. The number of anilines is 1. The number of benzene rings is 2. The molecule has 5 heteroatoms. The number of amides is 2. The Morgan fingerprint density at radius 1 is 1.04 bits per heavy atom. The molecule has 2 amide bonds. The Morgan fingerprint density at radius 3 is 2.41 bits per heavy atom. The summed E-state index contributed by atoms with van der Waals surface area (Å²) in [6, 6.07) is 12.2. The summed E-state index contributed by atoms with van der Waals surface area (Å²) in [6.07, 6.45) is 1.50. The van der Waals surface area contributed by atoms with Gasteiger partial charge in [-0.25, -0.2) is 0 Å². The van der Waals surface area contributed by atoms with Crippen LogP contribution in [0.1, 0.15) is 51.6 Å². The zero-order valence-corrected chi connectivity index (χ0v) is 15.9. The van der Waals surface area contributed by atoms with Crippen LogP contribution in [-0.2, 0) is 4.79 Å². The van der Waals surface area contributed by atoms with Crippen molar-refractivity contribution in [3.63, 3.8) is 0 Å². The van der Waals surface area contributed by atoms with Crippen molar-refractivity contribution in [3.05, 3.63) is 64.7 Å². The number of hydrogen-bond donors (Lipinski definition) is 1. The van der Waals surface area contributed by atoms with Crippen LogP contribution in [-0.4, -0.2) is 35.1 Å². The van der Waals surface area contributed by atoms with E-state index in [-0.39, 0.29) is 17.6 Å². The van der Waals surface area contributed by atoms with Crippen molar-refractivity contribution in [1.29, 1.82) is 0 Å². The quantitative estimate of drug-likeness (QED) is 0.840. The third-order valence-electron chi connectivity index (χ3n) is 4.93. The number of nitrogens with zero attached hydrogens (tertiary/aromatic N) is 1. The van der Waals surface area contributed by atoms with Crippen molar-refractivity contribution in [3.8, 4) is 0 Å². The van der Waals surface area contributed by atoms with Gasteiger partial charge >= 0.3 is 0 Å². The van der Waals surface area contributed by atoms with E-state index in [2.05, 4.69) is 5.32 Å². The molecule has 0 aliphatic carbocycles. The van der Waals surface area contributed by atoms with E-state index in [1.54, 1.807) is 29.2 Å². The van der Waals surface area contributed by atoms with Gasteiger partial charge in [0.15, 0.2) is 5.78 Å². The number of rotatable bonds is 4. The van der Waals surface area contributed by atoms with E-state index in [4.69, 9.17) is 0 Å². The zero-order valence-electron chi connectivity index (χ0n) is 15.9. The van der Waals surface area contributed by atoms with Crippen LogP contribution in [0.2, 0.25) is 0 Å². The number of hydrogen-bond acceptors (Lipinski definition) is 3. The predicted molar refractivity (Wildman–Crippen MR) is 105 cm³/mol. The Bertz CT molecular complexity index is 887. The number of nitrogens with one attached hydrogen (secondary N) is 1. The number of carbonyl (C=O) groups excluding carboxylic acids is 3. The smallest absolute Gasteiger partial charge is 0.254 e. The van der Waals surface area contributed by atoms with E-state index < -0.39 is 6.04 Å². The summed E-state index contributed by atoms with van der Waals surface area (Å²) >= 11 is 0. The molecule has 140 valence electrons. The highest BCUT2D eigenvalue weighted by molar-refractivity contribution is 6.05. The topological polar surface area (TPSA) is 66.5 Å². The van der Waals surface area contributed by atoms with Gasteiger partial charge in [0.05, 0.1) is 6.04 Å². The standard InChI is InChI=1S/C22H24N2O3/c1-14-6-7-15(2)19(13-14)21(26)20-5-4-12-24(20)22(27)17-8-10-18(11-9-17)23-16(3)25/h6-11,13,20H,4-5,12H2,1-3H3,(H,23,25). The van der Waals surface area contributed by atoms with E-state index in [0.29, 0.717) is 29.8 Å². The molecule has 2 aromatic rings. The van der Waals surface area contributed by atoms with E-state index in [1.165, 1.54) is 6.92 Å². The van der Waals surface area contributed by atoms with Gasteiger partial charge in [-0.2, -0.15) is 0 Å². The maximum atomic E-state index is 13.1. The lowest BCUT2D eigenvalue weighted by Crippen LogP contribution is -2.40. The van der Waals surface area contributed by atoms with Crippen LogP contribution < -0.4 is 5.32 Å². The van der Waals surface area contributed by atoms with Crippen LogP contribution in [0.15, 0.2) is 42.5 Å². The maximum absolute atomic E-state index is 13.1. The van der Waals surface area contributed by atoms with Gasteiger partial charge in [0.25, 0.3) is 5.91 Å². The first-order valence-corrected chi connectivity index (χ1v) is 9.17. The van der Waals surface area contributed by atoms with Gasteiger partial charge in [-0.15, -0.1) is 0 Å². The lowest BCUT2D eigenvalue weighted by molar-refractivity contribution is -0.114. The number of aryl methyl sites for hydroxylation is 2. The number of likely N-dealkylation sites (tertiary alicyclic amines) is 1. The summed E-state index contributed by atoms with van der Waals surface area (Å²) in [4.78, 5) is 38.9. The van der Waals surface area contributed by atoms with E-state index in [9.17, 15) is 14.4 Å². The van der Waals surface area contributed by atoms with Crippen molar-refractivity contribution in [2.75, 3.05) is 11.9 Å². The molecule has 1 atom stereocenters. The second-order valence-corrected chi connectivity index (χ2v) is 7.10. The summed E-state index contributed by atoms with van der Waals surface area (Å²) in [6.45, 7) is 5.90. The Balaban J connectivity index is 1.81. The maximum Gasteiger partial charge on any atom is 0.254 e. The molecule has 0 aromatic heterocycles. The lowest BCUT2D eigenvalue weighted by atomic mass is 9.96. The van der Waals surface area contributed by atoms with E-state index in [1.807, 2.05) is 32.0 Å². The molecular formula is C22H24N2O3. The Morgan fingerprint density at radius 2 is 1.74 bits per heavy atom. The predicted octanol–water partition coefficient (Wildman–Crippen LogP) is 3.75. The Kier molecular flexibility index (Phi) is 5.40. The molecule has 1 aliphatic heterocycles. The van der Waals surface area contributed by atoms with Crippen molar-refractivity contribution in [2.24, 2.45) is 0 Å².